The molecule has 20 heavy (non-hydrogen) atoms. The molecule has 0 saturated heterocycles. The number of benzene rings is 1. The molecular weight excluding hydrogens is 252 g/mol. The molecule has 0 unspecified atom stereocenters. The van der Waals surface area contributed by atoms with E-state index in [0.717, 1.165) is 35.5 Å². The molecule has 1 atom stereocenters. The summed E-state index contributed by atoms with van der Waals surface area (Å²) in [7, 11) is 1.93. The van der Waals surface area contributed by atoms with E-state index in [0.29, 0.717) is 6.61 Å². The number of aliphatic hydroxyl groups is 1. The van der Waals surface area contributed by atoms with Gasteiger partial charge in [-0.2, -0.15) is 5.10 Å². The SMILES string of the molecule is CCc1cc(COc2ccc([C@H](O)CC)cc2)n(C)n1. The first-order valence-electron chi connectivity index (χ1n) is 7.06. The quantitative estimate of drug-likeness (QED) is 0.881. The smallest absolute Gasteiger partial charge is 0.130 e. The Hall–Kier alpha value is -1.81. The molecule has 0 aliphatic heterocycles. The van der Waals surface area contributed by atoms with Crippen molar-refractivity contribution in [1.29, 1.82) is 0 Å². The second kappa shape index (κ2) is 6.57. The summed E-state index contributed by atoms with van der Waals surface area (Å²) >= 11 is 0. The molecule has 2 rings (SSSR count). The molecule has 0 saturated carbocycles. The molecule has 0 aliphatic rings. The van der Waals surface area contributed by atoms with Crippen molar-refractivity contribution in [3.05, 3.63) is 47.3 Å². The van der Waals surface area contributed by atoms with E-state index in [1.807, 2.05) is 42.9 Å². The maximum Gasteiger partial charge on any atom is 0.130 e. The number of nitrogens with zero attached hydrogens (tertiary/aromatic N) is 2. The molecule has 0 radical (unpaired) electrons. The van der Waals surface area contributed by atoms with Crippen molar-refractivity contribution in [2.45, 2.75) is 39.4 Å². The average molecular weight is 274 g/mol. The van der Waals surface area contributed by atoms with Crippen LogP contribution in [0, 0.1) is 0 Å². The van der Waals surface area contributed by atoms with Crippen molar-refractivity contribution >= 4 is 0 Å². The first kappa shape index (κ1) is 14.6. The minimum Gasteiger partial charge on any atom is -0.487 e. The van der Waals surface area contributed by atoms with E-state index in [1.165, 1.54) is 0 Å². The number of aromatic nitrogens is 2. The Bertz CT molecular complexity index is 546. The minimum absolute atomic E-state index is 0.395. The molecule has 1 aromatic heterocycles. The largest absolute Gasteiger partial charge is 0.487 e. The first-order valence-corrected chi connectivity index (χ1v) is 7.06. The predicted octanol–water partition coefficient (Wildman–Crippen LogP) is 3.00. The fourth-order valence-electron chi connectivity index (χ4n) is 2.06. The Morgan fingerprint density at radius 3 is 2.50 bits per heavy atom. The van der Waals surface area contributed by atoms with Crippen molar-refractivity contribution in [3.63, 3.8) is 0 Å². The number of ether oxygens (including phenoxy) is 1. The Kier molecular flexibility index (Phi) is 4.79. The van der Waals surface area contributed by atoms with Crippen molar-refractivity contribution < 1.29 is 9.84 Å². The molecule has 0 fully saturated rings. The maximum absolute atomic E-state index is 9.74. The van der Waals surface area contributed by atoms with Gasteiger partial charge < -0.3 is 9.84 Å². The third-order valence-corrected chi connectivity index (χ3v) is 3.43. The van der Waals surface area contributed by atoms with Gasteiger partial charge in [0.05, 0.1) is 17.5 Å². The fraction of sp³-hybridized carbons (Fsp3) is 0.438. The van der Waals surface area contributed by atoms with Crippen LogP contribution in [0.4, 0.5) is 0 Å². The van der Waals surface area contributed by atoms with Crippen LogP contribution in [0.3, 0.4) is 0 Å². The fourth-order valence-corrected chi connectivity index (χ4v) is 2.06. The number of aliphatic hydroxyl groups excluding tert-OH is 1. The average Bonchev–Trinajstić information content (AvgIpc) is 2.85. The van der Waals surface area contributed by atoms with Gasteiger partial charge in [0.15, 0.2) is 0 Å². The predicted molar refractivity (Wildman–Crippen MR) is 78.6 cm³/mol. The topological polar surface area (TPSA) is 47.3 Å². The van der Waals surface area contributed by atoms with Crippen LogP contribution in [0.2, 0.25) is 0 Å². The standard InChI is InChI=1S/C16H22N2O2/c1-4-13-10-14(18(3)17-13)11-20-15-8-6-12(7-9-15)16(19)5-2/h6-10,16,19H,4-5,11H2,1-3H3/t16-/m1/s1. The van der Waals surface area contributed by atoms with E-state index < -0.39 is 6.10 Å². The van der Waals surface area contributed by atoms with Gasteiger partial charge in [-0.25, -0.2) is 0 Å². The van der Waals surface area contributed by atoms with E-state index in [9.17, 15) is 5.11 Å². The molecule has 4 nitrogen and oxygen atoms in total. The first-order chi connectivity index (χ1) is 9.63. The van der Waals surface area contributed by atoms with Crippen LogP contribution in [0.1, 0.15) is 43.3 Å². The lowest BCUT2D eigenvalue weighted by atomic mass is 10.1. The lowest BCUT2D eigenvalue weighted by Crippen LogP contribution is -2.03. The van der Waals surface area contributed by atoms with E-state index in [-0.39, 0.29) is 0 Å². The Morgan fingerprint density at radius 2 is 1.95 bits per heavy atom. The summed E-state index contributed by atoms with van der Waals surface area (Å²) in [6.45, 7) is 4.55. The van der Waals surface area contributed by atoms with Crippen LogP contribution in [0.15, 0.2) is 30.3 Å². The molecule has 1 heterocycles. The monoisotopic (exact) mass is 274 g/mol. The molecular formula is C16H22N2O2. The summed E-state index contributed by atoms with van der Waals surface area (Å²) in [6, 6.07) is 9.67. The molecule has 0 spiro atoms. The number of rotatable bonds is 6. The van der Waals surface area contributed by atoms with Gasteiger partial charge in [0.2, 0.25) is 0 Å². The van der Waals surface area contributed by atoms with Gasteiger partial charge in [-0.05, 0) is 36.6 Å². The zero-order chi connectivity index (χ0) is 14.5. The van der Waals surface area contributed by atoms with Crippen LogP contribution >= 0.6 is 0 Å². The van der Waals surface area contributed by atoms with Gasteiger partial charge in [-0.1, -0.05) is 26.0 Å². The molecule has 108 valence electrons. The number of hydrogen-bond donors (Lipinski definition) is 1. The van der Waals surface area contributed by atoms with Crippen LogP contribution < -0.4 is 4.74 Å². The lowest BCUT2D eigenvalue weighted by Gasteiger charge is -2.10. The van der Waals surface area contributed by atoms with Crippen LogP contribution in [-0.2, 0) is 20.1 Å². The van der Waals surface area contributed by atoms with Crippen LogP contribution in [0.5, 0.6) is 5.75 Å². The highest BCUT2D eigenvalue weighted by molar-refractivity contribution is 5.28. The summed E-state index contributed by atoms with van der Waals surface area (Å²) < 4.78 is 7.61. The van der Waals surface area contributed by atoms with Gasteiger partial charge in [0.25, 0.3) is 0 Å². The van der Waals surface area contributed by atoms with Crippen LogP contribution in [0.25, 0.3) is 0 Å². The van der Waals surface area contributed by atoms with E-state index >= 15 is 0 Å². The molecule has 4 heteroatoms. The van der Waals surface area contributed by atoms with Gasteiger partial charge in [-0.3, -0.25) is 4.68 Å². The highest BCUT2D eigenvalue weighted by Gasteiger charge is 2.06. The highest BCUT2D eigenvalue weighted by atomic mass is 16.5. The Balaban J connectivity index is 1.98. The van der Waals surface area contributed by atoms with Crippen molar-refractivity contribution in [3.8, 4) is 5.75 Å². The zero-order valence-corrected chi connectivity index (χ0v) is 12.3. The summed E-state index contributed by atoms with van der Waals surface area (Å²) in [4.78, 5) is 0. The second-order valence-corrected chi connectivity index (χ2v) is 4.89. The third kappa shape index (κ3) is 3.39. The Labute approximate surface area is 120 Å². The molecule has 2 aromatic rings. The summed E-state index contributed by atoms with van der Waals surface area (Å²) in [6.07, 6.45) is 1.25. The lowest BCUT2D eigenvalue weighted by molar-refractivity contribution is 0.173. The third-order valence-electron chi connectivity index (χ3n) is 3.43. The zero-order valence-electron chi connectivity index (χ0n) is 12.3. The Morgan fingerprint density at radius 1 is 1.25 bits per heavy atom. The van der Waals surface area contributed by atoms with Crippen molar-refractivity contribution in [2.75, 3.05) is 0 Å². The molecule has 1 aromatic carbocycles. The van der Waals surface area contributed by atoms with E-state index in [1.54, 1.807) is 0 Å². The molecule has 0 aliphatic carbocycles. The van der Waals surface area contributed by atoms with Crippen molar-refractivity contribution in [1.82, 2.24) is 9.78 Å². The van der Waals surface area contributed by atoms with Gasteiger partial charge >= 0.3 is 0 Å². The summed E-state index contributed by atoms with van der Waals surface area (Å²) in [5.41, 5.74) is 3.06. The molecule has 0 amide bonds. The number of hydrogen-bond acceptors (Lipinski definition) is 3. The van der Waals surface area contributed by atoms with Gasteiger partial charge in [0.1, 0.15) is 12.4 Å². The normalized spacial score (nSPS) is 12.4. The van der Waals surface area contributed by atoms with Crippen LogP contribution in [-0.4, -0.2) is 14.9 Å². The van der Waals surface area contributed by atoms with E-state index in [2.05, 4.69) is 18.1 Å². The maximum atomic E-state index is 9.74. The van der Waals surface area contributed by atoms with Gasteiger partial charge in [-0.15, -0.1) is 0 Å². The summed E-state index contributed by atoms with van der Waals surface area (Å²) in [5, 5.41) is 14.1. The van der Waals surface area contributed by atoms with Crippen molar-refractivity contribution in [2.24, 2.45) is 7.05 Å². The van der Waals surface area contributed by atoms with E-state index in [4.69, 9.17) is 4.74 Å². The van der Waals surface area contributed by atoms with Gasteiger partial charge in [0, 0.05) is 7.05 Å². The second-order valence-electron chi connectivity index (χ2n) is 4.89. The highest BCUT2D eigenvalue weighted by Crippen LogP contribution is 2.20. The summed E-state index contributed by atoms with van der Waals surface area (Å²) in [5.74, 6) is 0.802. The minimum atomic E-state index is -0.395. The molecule has 0 bridgehead atoms. The number of aryl methyl sites for hydroxylation is 2. The molecule has 1 N–H and O–H groups in total.